The largest absolute Gasteiger partial charge is 0.733 e. The van der Waals surface area contributed by atoms with E-state index in [0.717, 1.165) is 22.3 Å². The SMILES string of the molecule is CC12c3ccccc3C(c3ccccc31)C1C(=O)N(c3ccc(N([O-])O)cc3)C(=O)C12. The smallest absolute Gasteiger partial charge is 0.238 e. The Labute approximate surface area is 178 Å². The third-order valence-electron chi connectivity index (χ3n) is 7.37. The standard InChI is InChI=1S/C25H19N2O4/c1-25-18-8-4-2-6-16(18)20(17-7-3-5-9-19(17)25)21-22(25)24(29)26(23(21)28)14-10-12-15(13-11-14)27(30)31/h2-13,20-22,30H,1H3/q-1. The molecule has 7 rings (SSSR count). The van der Waals surface area contributed by atoms with Gasteiger partial charge in [0.05, 0.1) is 23.2 Å². The molecule has 1 fully saturated rings. The topological polar surface area (TPSA) is 83.9 Å². The van der Waals surface area contributed by atoms with E-state index in [1.54, 1.807) is 0 Å². The third kappa shape index (κ3) is 2.13. The van der Waals surface area contributed by atoms with E-state index in [2.05, 4.69) is 31.2 Å². The molecule has 0 spiro atoms. The molecular formula is C25H19N2O4-. The van der Waals surface area contributed by atoms with Gasteiger partial charge < -0.3 is 10.4 Å². The van der Waals surface area contributed by atoms with Gasteiger partial charge in [-0.25, -0.2) is 4.90 Å². The molecule has 2 unspecified atom stereocenters. The van der Waals surface area contributed by atoms with Crippen LogP contribution < -0.4 is 10.1 Å². The quantitative estimate of drug-likeness (QED) is 0.510. The first-order valence-corrected chi connectivity index (χ1v) is 10.3. The highest BCUT2D eigenvalue weighted by Gasteiger charge is 2.66. The summed E-state index contributed by atoms with van der Waals surface area (Å²) in [7, 11) is 0. The highest BCUT2D eigenvalue weighted by Crippen LogP contribution is 2.64. The van der Waals surface area contributed by atoms with Crippen molar-refractivity contribution in [3.63, 3.8) is 0 Å². The highest BCUT2D eigenvalue weighted by molar-refractivity contribution is 6.23. The molecule has 2 bridgehead atoms. The summed E-state index contributed by atoms with van der Waals surface area (Å²) >= 11 is 0. The number of rotatable bonds is 2. The van der Waals surface area contributed by atoms with Gasteiger partial charge in [-0.2, -0.15) is 0 Å². The van der Waals surface area contributed by atoms with Crippen LogP contribution in [0.3, 0.4) is 0 Å². The Morgan fingerprint density at radius 3 is 1.97 bits per heavy atom. The Morgan fingerprint density at radius 2 is 1.42 bits per heavy atom. The van der Waals surface area contributed by atoms with Crippen molar-refractivity contribution in [2.24, 2.45) is 11.8 Å². The van der Waals surface area contributed by atoms with Crippen LogP contribution in [0, 0.1) is 17.0 Å². The van der Waals surface area contributed by atoms with Crippen LogP contribution in [0.1, 0.15) is 35.1 Å². The lowest BCUT2D eigenvalue weighted by Gasteiger charge is -2.52. The molecule has 6 heteroatoms. The van der Waals surface area contributed by atoms with E-state index in [-0.39, 0.29) is 28.6 Å². The minimum Gasteiger partial charge on any atom is -0.733 e. The average molecular weight is 411 g/mol. The monoisotopic (exact) mass is 411 g/mol. The summed E-state index contributed by atoms with van der Waals surface area (Å²) in [6, 6.07) is 22.1. The molecule has 154 valence electrons. The predicted octanol–water partition coefficient (Wildman–Crippen LogP) is 3.95. The summed E-state index contributed by atoms with van der Waals surface area (Å²) in [6.07, 6.45) is 0. The van der Waals surface area contributed by atoms with Crippen molar-refractivity contribution in [1.29, 1.82) is 0 Å². The van der Waals surface area contributed by atoms with Crippen molar-refractivity contribution in [3.05, 3.63) is 100 Å². The van der Waals surface area contributed by atoms with Crippen molar-refractivity contribution in [3.8, 4) is 0 Å². The fraction of sp³-hybridized carbons (Fsp3) is 0.200. The van der Waals surface area contributed by atoms with Crippen molar-refractivity contribution in [2.75, 3.05) is 10.1 Å². The zero-order valence-corrected chi connectivity index (χ0v) is 16.7. The fourth-order valence-electron chi connectivity index (χ4n) is 6.13. The van der Waals surface area contributed by atoms with Gasteiger partial charge >= 0.3 is 0 Å². The minimum atomic E-state index is -0.606. The van der Waals surface area contributed by atoms with Crippen molar-refractivity contribution < 1.29 is 14.8 Å². The Bertz CT molecular complexity index is 1200. The number of imide groups is 1. The Morgan fingerprint density at radius 1 is 0.871 bits per heavy atom. The molecule has 0 saturated carbocycles. The van der Waals surface area contributed by atoms with Crippen molar-refractivity contribution in [2.45, 2.75) is 18.3 Å². The maximum Gasteiger partial charge on any atom is 0.238 e. The van der Waals surface area contributed by atoms with Crippen LogP contribution in [0.2, 0.25) is 0 Å². The molecule has 1 heterocycles. The molecule has 0 radical (unpaired) electrons. The van der Waals surface area contributed by atoms with E-state index in [1.807, 2.05) is 24.3 Å². The molecule has 1 aliphatic heterocycles. The number of hydrogen-bond acceptors (Lipinski definition) is 5. The van der Waals surface area contributed by atoms with Crippen LogP contribution in [-0.2, 0) is 15.0 Å². The van der Waals surface area contributed by atoms with Crippen LogP contribution in [0.4, 0.5) is 11.4 Å². The van der Waals surface area contributed by atoms with Gasteiger partial charge in [0.25, 0.3) is 0 Å². The fourth-order valence-corrected chi connectivity index (χ4v) is 6.13. The summed E-state index contributed by atoms with van der Waals surface area (Å²) in [5.74, 6) is -1.58. The molecule has 4 aliphatic rings. The first-order valence-electron chi connectivity index (χ1n) is 10.3. The Hall–Kier alpha value is -3.48. The zero-order chi connectivity index (χ0) is 21.5. The molecule has 0 aromatic heterocycles. The number of amides is 2. The van der Waals surface area contributed by atoms with E-state index in [1.165, 1.54) is 29.2 Å². The second kappa shape index (κ2) is 6.03. The summed E-state index contributed by atoms with van der Waals surface area (Å²) in [5, 5.41) is 20.0. The number of carbonyl (C=O) groups excluding carboxylic acids is 2. The van der Waals surface area contributed by atoms with Crippen LogP contribution >= 0.6 is 0 Å². The van der Waals surface area contributed by atoms with E-state index in [9.17, 15) is 14.8 Å². The van der Waals surface area contributed by atoms with Crippen molar-refractivity contribution >= 4 is 23.2 Å². The molecule has 2 amide bonds. The lowest BCUT2D eigenvalue weighted by Crippen LogP contribution is -2.51. The maximum absolute atomic E-state index is 13.8. The van der Waals surface area contributed by atoms with Crippen molar-refractivity contribution in [1.82, 2.24) is 0 Å². The molecule has 1 N–H and O–H groups in total. The molecule has 2 atom stereocenters. The maximum atomic E-state index is 13.8. The van der Waals surface area contributed by atoms with Gasteiger partial charge in [-0.05, 0) is 46.5 Å². The molecule has 3 aliphatic carbocycles. The summed E-state index contributed by atoms with van der Waals surface area (Å²) in [5.41, 5.74) is 4.29. The van der Waals surface area contributed by atoms with Crippen LogP contribution in [-0.4, -0.2) is 17.0 Å². The molecule has 3 aromatic rings. The lowest BCUT2D eigenvalue weighted by atomic mass is 9.48. The second-order valence-corrected chi connectivity index (χ2v) is 8.66. The molecule has 3 aromatic carbocycles. The first-order chi connectivity index (χ1) is 14.9. The number of hydrogen-bond donors (Lipinski definition) is 1. The average Bonchev–Trinajstić information content (AvgIpc) is 3.06. The van der Waals surface area contributed by atoms with E-state index < -0.39 is 17.3 Å². The van der Waals surface area contributed by atoms with Gasteiger partial charge in [0.15, 0.2) is 0 Å². The van der Waals surface area contributed by atoms with Gasteiger partial charge in [0, 0.05) is 11.3 Å². The molecule has 1 saturated heterocycles. The Kier molecular flexibility index (Phi) is 3.56. The highest BCUT2D eigenvalue weighted by atomic mass is 16.8. The summed E-state index contributed by atoms with van der Waals surface area (Å²) in [6.45, 7) is 2.08. The van der Waals surface area contributed by atoms with E-state index >= 15 is 0 Å². The van der Waals surface area contributed by atoms with E-state index in [4.69, 9.17) is 5.21 Å². The Balaban J connectivity index is 1.55. The summed E-state index contributed by atoms with van der Waals surface area (Å²) < 4.78 is 0. The summed E-state index contributed by atoms with van der Waals surface area (Å²) in [4.78, 5) is 28.7. The lowest BCUT2D eigenvalue weighted by molar-refractivity contribution is -0.123. The van der Waals surface area contributed by atoms with Gasteiger partial charge in [-0.1, -0.05) is 55.5 Å². The second-order valence-electron chi connectivity index (χ2n) is 8.66. The molecular weight excluding hydrogens is 392 g/mol. The van der Waals surface area contributed by atoms with Gasteiger partial charge in [0.1, 0.15) is 0 Å². The van der Waals surface area contributed by atoms with Gasteiger partial charge in [0.2, 0.25) is 11.8 Å². The molecule has 31 heavy (non-hydrogen) atoms. The number of carbonyl (C=O) groups is 2. The number of anilines is 2. The predicted molar refractivity (Wildman–Crippen MR) is 115 cm³/mol. The minimum absolute atomic E-state index is 0.0344. The first kappa shape index (κ1) is 18.3. The van der Waals surface area contributed by atoms with Crippen LogP contribution in [0.5, 0.6) is 0 Å². The van der Waals surface area contributed by atoms with Gasteiger partial charge in [-0.15, -0.1) is 0 Å². The third-order valence-corrected chi connectivity index (χ3v) is 7.37. The number of nitrogens with zero attached hydrogens (tertiary/aromatic N) is 2. The van der Waals surface area contributed by atoms with Crippen LogP contribution in [0.25, 0.3) is 0 Å². The van der Waals surface area contributed by atoms with E-state index in [0.29, 0.717) is 5.69 Å². The molecule has 6 nitrogen and oxygen atoms in total. The zero-order valence-electron chi connectivity index (χ0n) is 16.7. The number of benzene rings is 3. The van der Waals surface area contributed by atoms with Crippen LogP contribution in [0.15, 0.2) is 72.8 Å². The normalized spacial score (nSPS) is 27.7. The van der Waals surface area contributed by atoms with Gasteiger partial charge in [-0.3, -0.25) is 14.8 Å².